The minimum absolute atomic E-state index is 0.120. The van der Waals surface area contributed by atoms with Crippen LogP contribution in [0.5, 0.6) is 0 Å². The molecule has 1 atom stereocenters. The van der Waals surface area contributed by atoms with Crippen LogP contribution in [-0.4, -0.2) is 37.5 Å². The molecule has 1 aliphatic heterocycles. The van der Waals surface area contributed by atoms with Gasteiger partial charge in [-0.2, -0.15) is 0 Å². The van der Waals surface area contributed by atoms with E-state index in [1.807, 2.05) is 18.9 Å². The molecule has 0 saturated carbocycles. The first-order chi connectivity index (χ1) is 8.26. The van der Waals surface area contributed by atoms with E-state index in [0.717, 1.165) is 43.8 Å². The van der Waals surface area contributed by atoms with Crippen molar-refractivity contribution in [2.45, 2.75) is 19.8 Å². The SMILES string of the molecule is CCc1occc1C(=O)N1CCC(CNC)C1. The summed E-state index contributed by atoms with van der Waals surface area (Å²) in [4.78, 5) is 14.2. The lowest BCUT2D eigenvalue weighted by atomic mass is 10.1. The van der Waals surface area contributed by atoms with E-state index in [-0.39, 0.29) is 5.91 Å². The zero-order valence-corrected chi connectivity index (χ0v) is 10.5. The zero-order chi connectivity index (χ0) is 12.3. The first-order valence-electron chi connectivity index (χ1n) is 6.26. The van der Waals surface area contributed by atoms with Gasteiger partial charge >= 0.3 is 0 Å². The van der Waals surface area contributed by atoms with Crippen LogP contribution in [0.3, 0.4) is 0 Å². The van der Waals surface area contributed by atoms with E-state index in [0.29, 0.717) is 5.92 Å². The Morgan fingerprint density at radius 3 is 3.18 bits per heavy atom. The average molecular weight is 236 g/mol. The van der Waals surface area contributed by atoms with Crippen molar-refractivity contribution in [2.75, 3.05) is 26.7 Å². The zero-order valence-electron chi connectivity index (χ0n) is 10.5. The highest BCUT2D eigenvalue weighted by atomic mass is 16.3. The maximum Gasteiger partial charge on any atom is 0.257 e. The molecular formula is C13H20N2O2. The summed E-state index contributed by atoms with van der Waals surface area (Å²) in [6, 6.07) is 1.78. The molecule has 0 aliphatic carbocycles. The Morgan fingerprint density at radius 1 is 1.65 bits per heavy atom. The fourth-order valence-electron chi connectivity index (χ4n) is 2.45. The first kappa shape index (κ1) is 12.2. The van der Waals surface area contributed by atoms with Crippen molar-refractivity contribution in [1.29, 1.82) is 0 Å². The van der Waals surface area contributed by atoms with Gasteiger partial charge in [-0.3, -0.25) is 4.79 Å². The molecule has 1 unspecified atom stereocenters. The summed E-state index contributed by atoms with van der Waals surface area (Å²) >= 11 is 0. The minimum atomic E-state index is 0.120. The van der Waals surface area contributed by atoms with E-state index in [1.54, 1.807) is 12.3 Å². The maximum atomic E-state index is 12.3. The summed E-state index contributed by atoms with van der Waals surface area (Å²) in [5.74, 6) is 1.50. The Kier molecular flexibility index (Phi) is 3.84. The number of likely N-dealkylation sites (tertiary alicyclic amines) is 1. The van der Waals surface area contributed by atoms with Gasteiger partial charge in [0, 0.05) is 19.5 Å². The van der Waals surface area contributed by atoms with Crippen molar-refractivity contribution >= 4 is 5.91 Å². The number of nitrogens with one attached hydrogen (secondary N) is 1. The Labute approximate surface area is 102 Å². The van der Waals surface area contributed by atoms with Crippen molar-refractivity contribution < 1.29 is 9.21 Å². The third kappa shape index (κ3) is 2.52. The second-order valence-corrected chi connectivity index (χ2v) is 4.57. The molecule has 1 amide bonds. The lowest BCUT2D eigenvalue weighted by Crippen LogP contribution is -2.30. The first-order valence-corrected chi connectivity index (χ1v) is 6.26. The molecule has 1 fully saturated rings. The Balaban J connectivity index is 2.02. The fraction of sp³-hybridized carbons (Fsp3) is 0.615. The lowest BCUT2D eigenvalue weighted by molar-refractivity contribution is 0.0785. The van der Waals surface area contributed by atoms with Crippen molar-refractivity contribution in [3.05, 3.63) is 23.7 Å². The normalized spacial score (nSPS) is 19.9. The van der Waals surface area contributed by atoms with Gasteiger partial charge in [0.25, 0.3) is 5.91 Å². The maximum absolute atomic E-state index is 12.3. The smallest absolute Gasteiger partial charge is 0.257 e. The fourth-order valence-corrected chi connectivity index (χ4v) is 2.45. The van der Waals surface area contributed by atoms with Crippen LogP contribution in [0.15, 0.2) is 16.7 Å². The number of aryl methyl sites for hydroxylation is 1. The second kappa shape index (κ2) is 5.36. The molecule has 1 aliphatic rings. The second-order valence-electron chi connectivity index (χ2n) is 4.57. The standard InChI is InChI=1S/C13H20N2O2/c1-3-12-11(5-7-17-12)13(16)15-6-4-10(9-15)8-14-2/h5,7,10,14H,3-4,6,8-9H2,1-2H3. The highest BCUT2D eigenvalue weighted by Gasteiger charge is 2.28. The molecule has 1 saturated heterocycles. The summed E-state index contributed by atoms with van der Waals surface area (Å²) in [6.07, 6.45) is 3.46. The van der Waals surface area contributed by atoms with Crippen molar-refractivity contribution in [3.8, 4) is 0 Å². The molecule has 94 valence electrons. The molecule has 0 aromatic carbocycles. The van der Waals surface area contributed by atoms with Gasteiger partial charge in [0.05, 0.1) is 11.8 Å². The van der Waals surface area contributed by atoms with Gasteiger partial charge in [-0.15, -0.1) is 0 Å². The molecule has 17 heavy (non-hydrogen) atoms. The van der Waals surface area contributed by atoms with Crippen molar-refractivity contribution in [3.63, 3.8) is 0 Å². The van der Waals surface area contributed by atoms with E-state index in [1.165, 1.54) is 0 Å². The number of carbonyl (C=O) groups is 1. The minimum Gasteiger partial charge on any atom is -0.469 e. The molecule has 1 N–H and O–H groups in total. The summed E-state index contributed by atoms with van der Waals surface area (Å²) in [7, 11) is 1.95. The molecule has 0 bridgehead atoms. The quantitative estimate of drug-likeness (QED) is 0.862. The van der Waals surface area contributed by atoms with Crippen LogP contribution in [0.4, 0.5) is 0 Å². The Morgan fingerprint density at radius 2 is 2.47 bits per heavy atom. The molecule has 4 nitrogen and oxygen atoms in total. The number of hydrogen-bond acceptors (Lipinski definition) is 3. The predicted octanol–water partition coefficient (Wildman–Crippen LogP) is 1.52. The lowest BCUT2D eigenvalue weighted by Gasteiger charge is -2.16. The van der Waals surface area contributed by atoms with Crippen molar-refractivity contribution in [2.24, 2.45) is 5.92 Å². The molecule has 1 aromatic rings. The van der Waals surface area contributed by atoms with Gasteiger partial charge in [-0.25, -0.2) is 0 Å². The Bertz CT molecular complexity index is 387. The number of nitrogens with zero attached hydrogens (tertiary/aromatic N) is 1. The number of rotatable bonds is 4. The molecule has 0 radical (unpaired) electrons. The van der Waals surface area contributed by atoms with Gasteiger partial charge in [0.2, 0.25) is 0 Å². The summed E-state index contributed by atoms with van der Waals surface area (Å²) in [5, 5.41) is 3.17. The van der Waals surface area contributed by atoms with Gasteiger partial charge in [0.1, 0.15) is 5.76 Å². The third-order valence-electron chi connectivity index (χ3n) is 3.36. The van der Waals surface area contributed by atoms with E-state index in [2.05, 4.69) is 5.32 Å². The van der Waals surface area contributed by atoms with Crippen LogP contribution in [0.2, 0.25) is 0 Å². The molecular weight excluding hydrogens is 216 g/mol. The molecule has 2 heterocycles. The summed E-state index contributed by atoms with van der Waals surface area (Å²) in [6.45, 7) is 4.70. The largest absolute Gasteiger partial charge is 0.469 e. The number of carbonyl (C=O) groups excluding carboxylic acids is 1. The van der Waals surface area contributed by atoms with Crippen LogP contribution >= 0.6 is 0 Å². The van der Waals surface area contributed by atoms with Gasteiger partial charge in [0.15, 0.2) is 0 Å². The Hall–Kier alpha value is -1.29. The highest BCUT2D eigenvalue weighted by molar-refractivity contribution is 5.95. The number of furan rings is 1. The third-order valence-corrected chi connectivity index (χ3v) is 3.36. The average Bonchev–Trinajstić information content (AvgIpc) is 2.96. The summed E-state index contributed by atoms with van der Waals surface area (Å²) < 4.78 is 5.31. The number of amides is 1. The van der Waals surface area contributed by atoms with Crippen LogP contribution in [0, 0.1) is 5.92 Å². The van der Waals surface area contributed by atoms with E-state index < -0.39 is 0 Å². The monoisotopic (exact) mass is 236 g/mol. The molecule has 2 rings (SSSR count). The molecule has 1 aromatic heterocycles. The topological polar surface area (TPSA) is 45.5 Å². The number of hydrogen-bond donors (Lipinski definition) is 1. The van der Waals surface area contributed by atoms with Crippen LogP contribution in [0.1, 0.15) is 29.5 Å². The summed E-state index contributed by atoms with van der Waals surface area (Å²) in [5.41, 5.74) is 0.734. The highest BCUT2D eigenvalue weighted by Crippen LogP contribution is 2.20. The van der Waals surface area contributed by atoms with Gasteiger partial charge < -0.3 is 14.6 Å². The van der Waals surface area contributed by atoms with Gasteiger partial charge in [-0.1, -0.05) is 6.92 Å². The van der Waals surface area contributed by atoms with E-state index in [4.69, 9.17) is 4.42 Å². The van der Waals surface area contributed by atoms with E-state index >= 15 is 0 Å². The van der Waals surface area contributed by atoms with Crippen molar-refractivity contribution in [1.82, 2.24) is 10.2 Å². The van der Waals surface area contributed by atoms with Gasteiger partial charge in [-0.05, 0) is 32.0 Å². The van der Waals surface area contributed by atoms with Crippen LogP contribution in [0.25, 0.3) is 0 Å². The van der Waals surface area contributed by atoms with Crippen LogP contribution in [-0.2, 0) is 6.42 Å². The predicted molar refractivity (Wildman–Crippen MR) is 66.0 cm³/mol. The molecule has 0 spiro atoms. The van der Waals surface area contributed by atoms with E-state index in [9.17, 15) is 4.79 Å². The van der Waals surface area contributed by atoms with Crippen LogP contribution < -0.4 is 5.32 Å². The molecule has 4 heteroatoms.